The van der Waals surface area contributed by atoms with Gasteiger partial charge in [0.25, 0.3) is 5.91 Å². The molecule has 0 aromatic carbocycles. The van der Waals surface area contributed by atoms with E-state index in [2.05, 4.69) is 9.97 Å². The van der Waals surface area contributed by atoms with Gasteiger partial charge in [-0.25, -0.2) is 9.97 Å². The van der Waals surface area contributed by atoms with Crippen molar-refractivity contribution < 1.29 is 18.0 Å². The number of fused-ring (bicyclic) bond motifs is 3. The van der Waals surface area contributed by atoms with E-state index < -0.39 is 17.8 Å². The van der Waals surface area contributed by atoms with Crippen LogP contribution < -0.4 is 11.5 Å². The number of hydrogen-bond acceptors (Lipinski definition) is 5. The predicted octanol–water partition coefficient (Wildman–Crippen LogP) is 3.78. The Balaban J connectivity index is 0.000000730. The van der Waals surface area contributed by atoms with Gasteiger partial charge in [0, 0.05) is 17.7 Å². The Morgan fingerprint density at radius 1 is 1.16 bits per heavy atom. The van der Waals surface area contributed by atoms with Crippen LogP contribution in [0.1, 0.15) is 49.5 Å². The number of aromatic nitrogens is 2. The van der Waals surface area contributed by atoms with Crippen molar-refractivity contribution in [2.75, 3.05) is 0 Å². The number of hydrogen-bond donors (Lipinski definition) is 2. The fraction of sp³-hybridized carbons (Fsp3) is 0.438. The second kappa shape index (κ2) is 7.81. The zero-order valence-corrected chi connectivity index (χ0v) is 15.5. The molecular weight excluding hydrogens is 353 g/mol. The van der Waals surface area contributed by atoms with Crippen molar-refractivity contribution in [3.05, 3.63) is 27.5 Å². The van der Waals surface area contributed by atoms with Crippen LogP contribution in [-0.2, 0) is 17.4 Å². The molecule has 5 nitrogen and oxygen atoms in total. The van der Waals surface area contributed by atoms with Gasteiger partial charge in [0.05, 0.1) is 15.3 Å². The minimum absolute atomic E-state index is 0.0158. The summed E-state index contributed by atoms with van der Waals surface area (Å²) in [4.78, 5) is 19.0. The van der Waals surface area contributed by atoms with Crippen molar-refractivity contribution in [2.45, 2.75) is 47.2 Å². The molecule has 1 aliphatic rings. The second-order valence-electron chi connectivity index (χ2n) is 4.64. The molecule has 2 heterocycles. The molecule has 3 rings (SSSR count). The number of allylic oxidation sites excluding steroid dienone is 1. The summed E-state index contributed by atoms with van der Waals surface area (Å²) in [5.74, 6) is -0.987. The first-order valence-corrected chi connectivity index (χ1v) is 8.67. The number of carbonyl (C=O) groups excluding carboxylic acids is 1. The summed E-state index contributed by atoms with van der Waals surface area (Å²) < 4.78 is 40.2. The SMILES string of the molecule is CC.CC.Cc1nc2nc(C(F)(F)F)c3c(c2s1)CC(N)=C3C(N)=O. The summed E-state index contributed by atoms with van der Waals surface area (Å²) in [6.07, 6.45) is -4.68. The van der Waals surface area contributed by atoms with Crippen LogP contribution in [-0.4, -0.2) is 15.9 Å². The molecule has 0 fully saturated rings. The molecular formula is C16H21F3N4OS. The molecule has 0 unspecified atom stereocenters. The van der Waals surface area contributed by atoms with Crippen molar-refractivity contribution in [3.63, 3.8) is 0 Å². The summed E-state index contributed by atoms with van der Waals surface area (Å²) in [5.41, 5.74) is 9.50. The third-order valence-corrected chi connectivity index (χ3v) is 4.22. The number of nitrogens with zero attached hydrogens (tertiary/aromatic N) is 2. The highest BCUT2D eigenvalue weighted by Crippen LogP contribution is 2.43. The normalized spacial score (nSPS) is 13.0. The predicted molar refractivity (Wildman–Crippen MR) is 93.9 cm³/mol. The maximum atomic E-state index is 13.2. The van der Waals surface area contributed by atoms with E-state index in [1.54, 1.807) is 6.92 Å². The van der Waals surface area contributed by atoms with Crippen LogP contribution in [0.4, 0.5) is 13.2 Å². The highest BCUT2D eigenvalue weighted by atomic mass is 32.1. The summed E-state index contributed by atoms with van der Waals surface area (Å²) in [6, 6.07) is 0. The zero-order valence-electron chi connectivity index (χ0n) is 14.7. The molecule has 0 radical (unpaired) electrons. The Morgan fingerprint density at radius 3 is 2.20 bits per heavy atom. The molecule has 0 saturated heterocycles. The third kappa shape index (κ3) is 3.76. The first kappa shape index (κ1) is 20.9. The molecule has 0 bridgehead atoms. The number of primary amides is 1. The molecule has 2 aromatic rings. The van der Waals surface area contributed by atoms with E-state index in [0.717, 1.165) is 0 Å². The van der Waals surface area contributed by atoms with Gasteiger partial charge in [0.15, 0.2) is 11.3 Å². The molecule has 138 valence electrons. The number of carbonyl (C=O) groups is 1. The van der Waals surface area contributed by atoms with Gasteiger partial charge < -0.3 is 11.5 Å². The van der Waals surface area contributed by atoms with Gasteiger partial charge in [0.1, 0.15) is 0 Å². The lowest BCUT2D eigenvalue weighted by Crippen LogP contribution is -2.19. The van der Waals surface area contributed by atoms with Gasteiger partial charge in [-0.3, -0.25) is 4.79 Å². The maximum absolute atomic E-state index is 13.2. The number of nitrogens with two attached hydrogens (primary N) is 2. The molecule has 4 N–H and O–H groups in total. The van der Waals surface area contributed by atoms with E-state index in [0.29, 0.717) is 15.3 Å². The van der Waals surface area contributed by atoms with Crippen molar-refractivity contribution in [2.24, 2.45) is 11.5 Å². The lowest BCUT2D eigenvalue weighted by molar-refractivity contribution is -0.141. The standard InChI is InChI=1S/C12H9F3N4OS.2C2H6/c1-3-18-11-8(21-3)4-2-5(16)7(10(17)20)6(4)9(19-11)12(13,14)15;2*1-2/h2,16H2,1H3,(H2,17,20);2*1-2H3. The van der Waals surface area contributed by atoms with Crippen molar-refractivity contribution in [1.29, 1.82) is 0 Å². The van der Waals surface area contributed by atoms with Gasteiger partial charge in [-0.1, -0.05) is 27.7 Å². The van der Waals surface area contributed by atoms with Gasteiger partial charge in [-0.15, -0.1) is 11.3 Å². The third-order valence-electron chi connectivity index (χ3n) is 3.20. The van der Waals surface area contributed by atoms with Crippen molar-refractivity contribution in [3.8, 4) is 0 Å². The van der Waals surface area contributed by atoms with Gasteiger partial charge >= 0.3 is 6.18 Å². The highest BCUT2D eigenvalue weighted by Gasteiger charge is 2.42. The average Bonchev–Trinajstić information content (AvgIpc) is 3.08. The van der Waals surface area contributed by atoms with E-state index >= 15 is 0 Å². The minimum Gasteiger partial charge on any atom is -0.401 e. The first-order valence-electron chi connectivity index (χ1n) is 7.86. The molecule has 25 heavy (non-hydrogen) atoms. The monoisotopic (exact) mass is 374 g/mol. The molecule has 0 atom stereocenters. The van der Waals surface area contributed by atoms with E-state index in [9.17, 15) is 18.0 Å². The lowest BCUT2D eigenvalue weighted by atomic mass is 10.0. The average molecular weight is 374 g/mol. The van der Waals surface area contributed by atoms with Crippen molar-refractivity contribution in [1.82, 2.24) is 9.97 Å². The maximum Gasteiger partial charge on any atom is 0.434 e. The molecule has 0 aliphatic heterocycles. The lowest BCUT2D eigenvalue weighted by Gasteiger charge is -2.12. The summed E-state index contributed by atoms with van der Waals surface area (Å²) in [5, 5.41) is 0.588. The number of halogens is 3. The fourth-order valence-corrected chi connectivity index (χ4v) is 3.38. The number of aryl methyl sites for hydroxylation is 1. The minimum atomic E-state index is -4.72. The van der Waals surface area contributed by atoms with E-state index in [-0.39, 0.29) is 28.9 Å². The topological polar surface area (TPSA) is 94.9 Å². The number of rotatable bonds is 1. The molecule has 0 saturated carbocycles. The zero-order chi connectivity index (χ0) is 19.5. The Morgan fingerprint density at radius 2 is 1.72 bits per heavy atom. The Labute approximate surface area is 147 Å². The van der Waals surface area contributed by atoms with Crippen LogP contribution in [0.5, 0.6) is 0 Å². The van der Waals surface area contributed by atoms with Gasteiger partial charge in [-0.05, 0) is 12.5 Å². The molecule has 2 aromatic heterocycles. The second-order valence-corrected chi connectivity index (χ2v) is 5.84. The first-order chi connectivity index (χ1) is 11.7. The van der Waals surface area contributed by atoms with Crippen LogP contribution in [0.25, 0.3) is 15.9 Å². The molecule has 0 spiro atoms. The fourth-order valence-electron chi connectivity index (χ4n) is 2.47. The van der Waals surface area contributed by atoms with Crippen LogP contribution in [0.2, 0.25) is 0 Å². The van der Waals surface area contributed by atoms with Crippen molar-refractivity contribution >= 4 is 33.2 Å². The van der Waals surface area contributed by atoms with Crippen LogP contribution >= 0.6 is 11.3 Å². The van der Waals surface area contributed by atoms with Crippen LogP contribution in [0, 0.1) is 6.92 Å². The molecule has 1 aliphatic carbocycles. The highest BCUT2D eigenvalue weighted by molar-refractivity contribution is 7.18. The number of amides is 1. The molecule has 9 heteroatoms. The van der Waals surface area contributed by atoms with Crippen LogP contribution in [0.15, 0.2) is 5.70 Å². The largest absolute Gasteiger partial charge is 0.434 e. The summed E-state index contributed by atoms with van der Waals surface area (Å²) in [7, 11) is 0. The number of alkyl halides is 3. The van der Waals surface area contributed by atoms with E-state index in [4.69, 9.17) is 11.5 Å². The summed E-state index contributed by atoms with van der Waals surface area (Å²) >= 11 is 1.22. The Bertz CT molecular complexity index is 825. The summed E-state index contributed by atoms with van der Waals surface area (Å²) in [6.45, 7) is 9.67. The van der Waals surface area contributed by atoms with Crippen LogP contribution in [0.3, 0.4) is 0 Å². The number of pyridine rings is 1. The quantitative estimate of drug-likeness (QED) is 0.794. The molecule has 1 amide bonds. The smallest absolute Gasteiger partial charge is 0.401 e. The number of thiazole rings is 1. The Hall–Kier alpha value is -2.16. The van der Waals surface area contributed by atoms with Gasteiger partial charge in [-0.2, -0.15) is 13.2 Å². The van der Waals surface area contributed by atoms with E-state index in [1.807, 2.05) is 27.7 Å². The Kier molecular flexibility index (Phi) is 6.53. The van der Waals surface area contributed by atoms with E-state index in [1.165, 1.54) is 11.3 Å². The van der Waals surface area contributed by atoms with Gasteiger partial charge in [0.2, 0.25) is 0 Å².